The molecule has 0 aliphatic rings. The minimum absolute atomic E-state index is 0.0680. The van der Waals surface area contributed by atoms with Gasteiger partial charge in [-0.15, -0.1) is 0 Å². The van der Waals surface area contributed by atoms with Crippen molar-refractivity contribution in [2.24, 2.45) is 0 Å². The highest BCUT2D eigenvalue weighted by atomic mass is 16.3. The van der Waals surface area contributed by atoms with E-state index < -0.39 is 0 Å². The highest BCUT2D eigenvalue weighted by molar-refractivity contribution is 5.88. The van der Waals surface area contributed by atoms with Crippen LogP contribution in [0.25, 0.3) is 11.0 Å². The quantitative estimate of drug-likeness (QED) is 0.674. The zero-order valence-electron chi connectivity index (χ0n) is 9.04. The fourth-order valence-corrected chi connectivity index (χ4v) is 1.83. The third-order valence-electron chi connectivity index (χ3n) is 2.66. The standard InChI is InChI=1S/C13H10N2O2/c16-13(15-7-3-6-14-15)8-10-9-17-12-5-2-1-4-11(10)12/h1-7,9H,8H2. The van der Waals surface area contributed by atoms with Crippen LogP contribution < -0.4 is 0 Å². The van der Waals surface area contributed by atoms with Crippen LogP contribution >= 0.6 is 0 Å². The van der Waals surface area contributed by atoms with Crippen LogP contribution in [0.1, 0.15) is 10.4 Å². The molecule has 0 unspecified atom stereocenters. The fraction of sp³-hybridized carbons (Fsp3) is 0.0769. The lowest BCUT2D eigenvalue weighted by atomic mass is 10.1. The average Bonchev–Trinajstić information content (AvgIpc) is 2.98. The number of hydrogen-bond donors (Lipinski definition) is 0. The SMILES string of the molecule is O=C(Cc1coc2ccccc12)n1cccn1. The van der Waals surface area contributed by atoms with E-state index in [0.29, 0.717) is 6.42 Å². The Bertz CT molecular complexity index is 653. The van der Waals surface area contributed by atoms with Gasteiger partial charge in [-0.25, -0.2) is 4.68 Å². The summed E-state index contributed by atoms with van der Waals surface area (Å²) >= 11 is 0. The predicted molar refractivity (Wildman–Crippen MR) is 62.8 cm³/mol. The van der Waals surface area contributed by atoms with Crippen LogP contribution in [-0.4, -0.2) is 15.7 Å². The van der Waals surface area contributed by atoms with Crippen molar-refractivity contribution in [1.82, 2.24) is 9.78 Å². The van der Waals surface area contributed by atoms with Crippen molar-refractivity contribution < 1.29 is 9.21 Å². The van der Waals surface area contributed by atoms with Crippen molar-refractivity contribution in [3.05, 3.63) is 54.6 Å². The van der Waals surface area contributed by atoms with E-state index in [1.165, 1.54) is 4.68 Å². The number of para-hydroxylation sites is 1. The summed E-state index contributed by atoms with van der Waals surface area (Å²) in [6, 6.07) is 9.40. The van der Waals surface area contributed by atoms with Gasteiger partial charge in [0.1, 0.15) is 5.58 Å². The van der Waals surface area contributed by atoms with Crippen molar-refractivity contribution >= 4 is 16.9 Å². The van der Waals surface area contributed by atoms with Gasteiger partial charge in [0.25, 0.3) is 5.91 Å². The molecule has 0 aliphatic heterocycles. The molecule has 3 rings (SSSR count). The summed E-state index contributed by atoms with van der Waals surface area (Å²) in [5, 5.41) is 4.89. The maximum absolute atomic E-state index is 11.9. The molecule has 0 radical (unpaired) electrons. The number of aromatic nitrogens is 2. The molecule has 0 saturated heterocycles. The zero-order valence-corrected chi connectivity index (χ0v) is 9.04. The van der Waals surface area contributed by atoms with E-state index in [-0.39, 0.29) is 5.91 Å². The first-order chi connectivity index (χ1) is 8.34. The highest BCUT2D eigenvalue weighted by Crippen LogP contribution is 2.21. The maximum Gasteiger partial charge on any atom is 0.251 e. The second-order valence-corrected chi connectivity index (χ2v) is 3.78. The Hall–Kier alpha value is -2.36. The lowest BCUT2D eigenvalue weighted by molar-refractivity contribution is 0.0898. The van der Waals surface area contributed by atoms with Gasteiger partial charge in [-0.1, -0.05) is 18.2 Å². The third kappa shape index (κ3) is 1.73. The van der Waals surface area contributed by atoms with Gasteiger partial charge < -0.3 is 4.42 Å². The van der Waals surface area contributed by atoms with E-state index in [4.69, 9.17) is 4.42 Å². The Morgan fingerprint density at radius 1 is 1.29 bits per heavy atom. The Morgan fingerprint density at radius 2 is 2.18 bits per heavy atom. The first-order valence-corrected chi connectivity index (χ1v) is 5.32. The molecule has 0 saturated carbocycles. The van der Waals surface area contributed by atoms with Crippen LogP contribution in [0.15, 0.2) is 53.4 Å². The molecule has 17 heavy (non-hydrogen) atoms. The minimum Gasteiger partial charge on any atom is -0.464 e. The molecule has 4 nitrogen and oxygen atoms in total. The lowest BCUT2D eigenvalue weighted by Gasteiger charge is -1.98. The van der Waals surface area contributed by atoms with Crippen LogP contribution in [0.5, 0.6) is 0 Å². The third-order valence-corrected chi connectivity index (χ3v) is 2.66. The van der Waals surface area contributed by atoms with Crippen molar-refractivity contribution in [3.8, 4) is 0 Å². The van der Waals surface area contributed by atoms with Crippen molar-refractivity contribution in [3.63, 3.8) is 0 Å². The summed E-state index contributed by atoms with van der Waals surface area (Å²) in [4.78, 5) is 11.9. The molecule has 0 bridgehead atoms. The molecule has 0 amide bonds. The van der Waals surface area contributed by atoms with Crippen LogP contribution in [0.4, 0.5) is 0 Å². The van der Waals surface area contributed by atoms with E-state index in [2.05, 4.69) is 5.10 Å². The molecule has 0 aliphatic carbocycles. The number of hydrogen-bond acceptors (Lipinski definition) is 3. The van der Waals surface area contributed by atoms with Crippen LogP contribution in [0.2, 0.25) is 0 Å². The Labute approximate surface area is 97.5 Å². The lowest BCUT2D eigenvalue weighted by Crippen LogP contribution is -2.13. The van der Waals surface area contributed by atoms with Crippen LogP contribution in [-0.2, 0) is 6.42 Å². The minimum atomic E-state index is -0.0680. The molecule has 4 heteroatoms. The molecule has 0 spiro atoms. The van der Waals surface area contributed by atoms with Gasteiger partial charge in [0, 0.05) is 23.3 Å². The summed E-state index contributed by atoms with van der Waals surface area (Å²) in [7, 11) is 0. The number of fused-ring (bicyclic) bond motifs is 1. The molecule has 0 fully saturated rings. The molecule has 0 atom stereocenters. The van der Waals surface area contributed by atoms with Gasteiger partial charge in [-0.05, 0) is 12.1 Å². The number of carbonyl (C=O) groups is 1. The van der Waals surface area contributed by atoms with Gasteiger partial charge in [0.05, 0.1) is 12.7 Å². The van der Waals surface area contributed by atoms with E-state index >= 15 is 0 Å². The summed E-state index contributed by atoms with van der Waals surface area (Å²) in [6.07, 6.45) is 5.15. The van der Waals surface area contributed by atoms with Crippen molar-refractivity contribution in [1.29, 1.82) is 0 Å². The molecular weight excluding hydrogens is 216 g/mol. The Kier molecular flexibility index (Phi) is 2.26. The largest absolute Gasteiger partial charge is 0.464 e. The monoisotopic (exact) mass is 226 g/mol. The Morgan fingerprint density at radius 3 is 3.00 bits per heavy atom. The summed E-state index contributed by atoms with van der Waals surface area (Å²) in [6.45, 7) is 0. The van der Waals surface area contributed by atoms with Gasteiger partial charge in [-0.2, -0.15) is 5.10 Å². The number of furan rings is 1. The molecule has 2 aromatic heterocycles. The number of benzene rings is 1. The van der Waals surface area contributed by atoms with Crippen molar-refractivity contribution in [2.75, 3.05) is 0 Å². The summed E-state index contributed by atoms with van der Waals surface area (Å²) in [5.74, 6) is -0.0680. The summed E-state index contributed by atoms with van der Waals surface area (Å²) in [5.41, 5.74) is 1.69. The zero-order chi connectivity index (χ0) is 11.7. The first kappa shape index (κ1) is 9.84. The topological polar surface area (TPSA) is 48.0 Å². The predicted octanol–water partition coefficient (Wildman–Crippen LogP) is 2.51. The molecule has 3 aromatic rings. The van der Waals surface area contributed by atoms with Gasteiger partial charge in [0.15, 0.2) is 0 Å². The smallest absolute Gasteiger partial charge is 0.251 e. The van der Waals surface area contributed by atoms with Gasteiger partial charge >= 0.3 is 0 Å². The van der Waals surface area contributed by atoms with E-state index in [1.807, 2.05) is 24.3 Å². The Balaban J connectivity index is 1.93. The van der Waals surface area contributed by atoms with Crippen LogP contribution in [0, 0.1) is 0 Å². The van der Waals surface area contributed by atoms with Crippen LogP contribution in [0.3, 0.4) is 0 Å². The highest BCUT2D eigenvalue weighted by Gasteiger charge is 2.11. The van der Waals surface area contributed by atoms with Gasteiger partial charge in [-0.3, -0.25) is 4.79 Å². The summed E-state index contributed by atoms with van der Waals surface area (Å²) < 4.78 is 6.72. The normalized spacial score (nSPS) is 10.8. The molecule has 2 heterocycles. The molecule has 0 N–H and O–H groups in total. The fourth-order valence-electron chi connectivity index (χ4n) is 1.83. The number of nitrogens with zero attached hydrogens (tertiary/aromatic N) is 2. The average molecular weight is 226 g/mol. The second kappa shape index (κ2) is 3.90. The second-order valence-electron chi connectivity index (χ2n) is 3.78. The number of rotatable bonds is 2. The maximum atomic E-state index is 11.9. The molecule has 84 valence electrons. The number of carbonyl (C=O) groups excluding carboxylic acids is 1. The van der Waals surface area contributed by atoms with E-state index in [1.54, 1.807) is 24.7 Å². The molecule has 1 aromatic carbocycles. The van der Waals surface area contributed by atoms with E-state index in [9.17, 15) is 4.79 Å². The van der Waals surface area contributed by atoms with E-state index in [0.717, 1.165) is 16.5 Å². The first-order valence-electron chi connectivity index (χ1n) is 5.32. The molecular formula is C13H10N2O2. The van der Waals surface area contributed by atoms with Gasteiger partial charge in [0.2, 0.25) is 0 Å². The van der Waals surface area contributed by atoms with Crippen molar-refractivity contribution in [2.45, 2.75) is 6.42 Å².